The minimum Gasteiger partial charge on any atom is -0.389 e. The number of aryl methyl sites for hydroxylation is 1. The molecule has 0 atom stereocenters. The Kier molecular flexibility index (Phi) is 5.31. The predicted molar refractivity (Wildman–Crippen MR) is 88.2 cm³/mol. The standard InChI is InChI=1S/C15H24N4S/c1-3-6-19-7-4-13(5-8-19)18-14-10-12(15(16)20)9-11(2)17-14/h9-10,13H,3-8H2,1-2H3,(H2,16,20)(H,17,18). The number of nitrogens with two attached hydrogens (primary N) is 1. The van der Waals surface area contributed by atoms with Crippen LogP contribution >= 0.6 is 12.2 Å². The summed E-state index contributed by atoms with van der Waals surface area (Å²) in [5.41, 5.74) is 7.54. The van der Waals surface area contributed by atoms with Crippen LogP contribution in [0.4, 0.5) is 5.82 Å². The number of anilines is 1. The summed E-state index contributed by atoms with van der Waals surface area (Å²) in [4.78, 5) is 7.48. The first-order chi connectivity index (χ1) is 9.58. The number of likely N-dealkylation sites (tertiary alicyclic amines) is 1. The quantitative estimate of drug-likeness (QED) is 0.816. The first-order valence-corrected chi connectivity index (χ1v) is 7.76. The molecule has 1 saturated heterocycles. The summed E-state index contributed by atoms with van der Waals surface area (Å²) in [6.45, 7) is 7.75. The third-order valence-corrected chi connectivity index (χ3v) is 3.95. The molecule has 1 aliphatic rings. The number of hydrogen-bond acceptors (Lipinski definition) is 4. The van der Waals surface area contributed by atoms with Gasteiger partial charge in [-0.3, -0.25) is 0 Å². The van der Waals surface area contributed by atoms with E-state index < -0.39 is 0 Å². The van der Waals surface area contributed by atoms with Crippen LogP contribution in [-0.4, -0.2) is 40.5 Å². The first kappa shape index (κ1) is 15.2. The fourth-order valence-corrected chi connectivity index (χ4v) is 2.83. The van der Waals surface area contributed by atoms with Gasteiger partial charge in [-0.2, -0.15) is 0 Å². The van der Waals surface area contributed by atoms with Crippen LogP contribution < -0.4 is 11.1 Å². The van der Waals surface area contributed by atoms with Crippen LogP contribution in [-0.2, 0) is 0 Å². The third kappa shape index (κ3) is 4.15. The van der Waals surface area contributed by atoms with E-state index in [9.17, 15) is 0 Å². The van der Waals surface area contributed by atoms with Crippen molar-refractivity contribution in [3.63, 3.8) is 0 Å². The molecule has 5 heteroatoms. The molecule has 0 spiro atoms. The lowest BCUT2D eigenvalue weighted by Gasteiger charge is -2.32. The summed E-state index contributed by atoms with van der Waals surface area (Å²) in [7, 11) is 0. The molecule has 2 rings (SSSR count). The lowest BCUT2D eigenvalue weighted by molar-refractivity contribution is 0.219. The molecule has 0 saturated carbocycles. The van der Waals surface area contributed by atoms with Crippen molar-refractivity contribution in [2.75, 3.05) is 25.0 Å². The van der Waals surface area contributed by atoms with Gasteiger partial charge in [-0.15, -0.1) is 0 Å². The number of thiocarbonyl (C=S) groups is 1. The van der Waals surface area contributed by atoms with Crippen molar-refractivity contribution in [1.29, 1.82) is 0 Å². The van der Waals surface area contributed by atoms with E-state index in [2.05, 4.69) is 22.1 Å². The predicted octanol–water partition coefficient (Wildman–Crippen LogP) is 2.31. The average Bonchev–Trinajstić information content (AvgIpc) is 2.40. The Bertz CT molecular complexity index is 467. The van der Waals surface area contributed by atoms with Crippen molar-refractivity contribution in [1.82, 2.24) is 9.88 Å². The molecule has 0 aliphatic carbocycles. The van der Waals surface area contributed by atoms with E-state index in [0.717, 1.165) is 29.9 Å². The molecule has 0 bridgehead atoms. The maximum absolute atomic E-state index is 5.71. The van der Waals surface area contributed by atoms with Crippen LogP contribution in [0.5, 0.6) is 0 Å². The average molecular weight is 292 g/mol. The van der Waals surface area contributed by atoms with Crippen molar-refractivity contribution in [3.05, 3.63) is 23.4 Å². The zero-order valence-electron chi connectivity index (χ0n) is 12.4. The molecule has 2 heterocycles. The van der Waals surface area contributed by atoms with Crippen LogP contribution in [0.3, 0.4) is 0 Å². The van der Waals surface area contributed by atoms with Gasteiger partial charge in [-0.1, -0.05) is 19.1 Å². The topological polar surface area (TPSA) is 54.2 Å². The summed E-state index contributed by atoms with van der Waals surface area (Å²) in [6, 6.07) is 4.38. The second kappa shape index (κ2) is 6.99. The zero-order valence-corrected chi connectivity index (χ0v) is 13.2. The number of rotatable bonds is 5. The van der Waals surface area contributed by atoms with Crippen molar-refractivity contribution < 1.29 is 0 Å². The summed E-state index contributed by atoms with van der Waals surface area (Å²) >= 11 is 5.05. The number of piperidine rings is 1. The number of nitrogens with one attached hydrogen (secondary N) is 1. The van der Waals surface area contributed by atoms with Crippen molar-refractivity contribution in [2.45, 2.75) is 39.2 Å². The maximum atomic E-state index is 5.71. The minimum absolute atomic E-state index is 0.427. The van der Waals surface area contributed by atoms with Gasteiger partial charge in [0.05, 0.1) is 0 Å². The Hall–Kier alpha value is -1.20. The Morgan fingerprint density at radius 1 is 1.45 bits per heavy atom. The number of aromatic nitrogens is 1. The second-order valence-corrected chi connectivity index (χ2v) is 5.95. The van der Waals surface area contributed by atoms with E-state index in [1.165, 1.54) is 26.1 Å². The van der Waals surface area contributed by atoms with Crippen LogP contribution in [0.25, 0.3) is 0 Å². The normalized spacial score (nSPS) is 17.1. The fraction of sp³-hybridized carbons (Fsp3) is 0.600. The largest absolute Gasteiger partial charge is 0.389 e. The Balaban J connectivity index is 1.96. The highest BCUT2D eigenvalue weighted by Crippen LogP contribution is 2.17. The van der Waals surface area contributed by atoms with Gasteiger partial charge in [0.1, 0.15) is 10.8 Å². The smallest absolute Gasteiger partial charge is 0.127 e. The summed E-state index contributed by atoms with van der Waals surface area (Å²) < 4.78 is 0. The van der Waals surface area contributed by atoms with Crippen molar-refractivity contribution >= 4 is 23.0 Å². The molecular formula is C15H24N4S. The summed E-state index contributed by atoms with van der Waals surface area (Å²) in [5.74, 6) is 0.891. The van der Waals surface area contributed by atoms with Crippen LogP contribution in [0, 0.1) is 6.92 Å². The van der Waals surface area contributed by atoms with E-state index in [1.807, 2.05) is 19.1 Å². The Morgan fingerprint density at radius 3 is 2.75 bits per heavy atom. The number of nitrogens with zero attached hydrogens (tertiary/aromatic N) is 2. The Morgan fingerprint density at radius 2 is 2.15 bits per heavy atom. The molecule has 4 nitrogen and oxygen atoms in total. The highest BCUT2D eigenvalue weighted by Gasteiger charge is 2.18. The first-order valence-electron chi connectivity index (χ1n) is 7.36. The van der Waals surface area contributed by atoms with Gasteiger partial charge < -0.3 is 16.0 Å². The summed E-state index contributed by atoms with van der Waals surface area (Å²) in [5, 5.41) is 3.53. The fourth-order valence-electron chi connectivity index (χ4n) is 2.71. The zero-order chi connectivity index (χ0) is 14.5. The highest BCUT2D eigenvalue weighted by atomic mass is 32.1. The van der Waals surface area contributed by atoms with Crippen molar-refractivity contribution in [3.8, 4) is 0 Å². The van der Waals surface area contributed by atoms with Gasteiger partial charge in [0.2, 0.25) is 0 Å². The molecule has 1 aliphatic heterocycles. The van der Waals surface area contributed by atoms with Crippen LogP contribution in [0.2, 0.25) is 0 Å². The second-order valence-electron chi connectivity index (χ2n) is 5.51. The van der Waals surface area contributed by atoms with E-state index in [-0.39, 0.29) is 0 Å². The third-order valence-electron chi connectivity index (χ3n) is 3.72. The molecule has 0 amide bonds. The maximum Gasteiger partial charge on any atom is 0.127 e. The molecule has 0 radical (unpaired) electrons. The lowest BCUT2D eigenvalue weighted by Crippen LogP contribution is -2.39. The number of hydrogen-bond donors (Lipinski definition) is 2. The van der Waals surface area contributed by atoms with E-state index >= 15 is 0 Å². The molecular weight excluding hydrogens is 268 g/mol. The molecule has 0 unspecified atom stereocenters. The van der Waals surface area contributed by atoms with Crippen LogP contribution in [0.1, 0.15) is 37.4 Å². The SMILES string of the molecule is CCCN1CCC(Nc2cc(C(N)=S)cc(C)n2)CC1. The minimum atomic E-state index is 0.427. The van der Waals surface area contributed by atoms with Gasteiger partial charge in [0.25, 0.3) is 0 Å². The number of pyridine rings is 1. The van der Waals surface area contributed by atoms with Gasteiger partial charge in [-0.25, -0.2) is 4.98 Å². The van der Waals surface area contributed by atoms with Crippen molar-refractivity contribution in [2.24, 2.45) is 5.73 Å². The molecule has 1 fully saturated rings. The van der Waals surface area contributed by atoms with E-state index in [1.54, 1.807) is 0 Å². The van der Waals surface area contributed by atoms with E-state index in [4.69, 9.17) is 18.0 Å². The van der Waals surface area contributed by atoms with Gasteiger partial charge >= 0.3 is 0 Å². The van der Waals surface area contributed by atoms with E-state index in [0.29, 0.717) is 11.0 Å². The highest BCUT2D eigenvalue weighted by molar-refractivity contribution is 7.80. The lowest BCUT2D eigenvalue weighted by atomic mass is 10.0. The molecule has 0 aromatic carbocycles. The Labute approximate surface area is 126 Å². The van der Waals surface area contributed by atoms with Gasteiger partial charge in [0.15, 0.2) is 0 Å². The van der Waals surface area contributed by atoms with Gasteiger partial charge in [-0.05, 0) is 44.9 Å². The molecule has 20 heavy (non-hydrogen) atoms. The summed E-state index contributed by atoms with van der Waals surface area (Å²) in [6.07, 6.45) is 3.56. The molecule has 3 N–H and O–H groups in total. The monoisotopic (exact) mass is 292 g/mol. The molecule has 1 aromatic rings. The van der Waals surface area contributed by atoms with Gasteiger partial charge in [0, 0.05) is 30.4 Å². The molecule has 1 aromatic heterocycles. The molecule has 110 valence electrons. The van der Waals surface area contributed by atoms with Crippen LogP contribution in [0.15, 0.2) is 12.1 Å².